The minimum atomic E-state index is -0.149. The van der Waals surface area contributed by atoms with Crippen LogP contribution in [0, 0.1) is 19.7 Å². The maximum absolute atomic E-state index is 13.4. The number of aromatic nitrogens is 2. The summed E-state index contributed by atoms with van der Waals surface area (Å²) in [6, 6.07) is 9.52. The van der Waals surface area contributed by atoms with E-state index in [1.807, 2.05) is 18.3 Å². The highest BCUT2D eigenvalue weighted by molar-refractivity contribution is 5.80. The maximum Gasteiger partial charge on any atom is 0.126 e. The number of rotatable bonds is 3. The molecule has 0 unspecified atom stereocenters. The molecule has 0 bridgehead atoms. The summed E-state index contributed by atoms with van der Waals surface area (Å²) >= 11 is 0. The summed E-state index contributed by atoms with van der Waals surface area (Å²) in [6.45, 7) is 6.80. The topological polar surface area (TPSA) is 17.8 Å². The molecule has 0 radical (unpaired) electrons. The lowest BCUT2D eigenvalue weighted by Crippen LogP contribution is -2.04. The third kappa shape index (κ3) is 2.44. The Labute approximate surface area is 124 Å². The molecule has 21 heavy (non-hydrogen) atoms. The molecule has 0 aliphatic heterocycles. The van der Waals surface area contributed by atoms with E-state index in [1.54, 1.807) is 13.0 Å². The van der Waals surface area contributed by atoms with Crippen molar-refractivity contribution in [1.82, 2.24) is 9.55 Å². The van der Waals surface area contributed by atoms with Gasteiger partial charge in [-0.15, -0.1) is 0 Å². The number of aryl methyl sites for hydroxylation is 3. The fourth-order valence-corrected chi connectivity index (χ4v) is 2.86. The van der Waals surface area contributed by atoms with Gasteiger partial charge >= 0.3 is 0 Å². The fourth-order valence-electron chi connectivity index (χ4n) is 2.86. The van der Waals surface area contributed by atoms with E-state index in [0.717, 1.165) is 24.0 Å². The molecule has 0 spiro atoms. The summed E-state index contributed by atoms with van der Waals surface area (Å²) in [5.41, 5.74) is 6.51. The second-order valence-corrected chi connectivity index (χ2v) is 5.51. The molecular formula is C18H19FN2. The SMILES string of the molecule is CCc1ccnc2cc(C)n(Cc3ccc(F)c(C)c3)c12. The first-order valence-corrected chi connectivity index (χ1v) is 7.29. The minimum Gasteiger partial charge on any atom is -0.339 e. The van der Waals surface area contributed by atoms with Crippen LogP contribution in [0.1, 0.15) is 29.3 Å². The Morgan fingerprint density at radius 2 is 1.95 bits per heavy atom. The van der Waals surface area contributed by atoms with E-state index in [4.69, 9.17) is 0 Å². The van der Waals surface area contributed by atoms with Crippen molar-refractivity contribution in [3.8, 4) is 0 Å². The third-order valence-electron chi connectivity index (χ3n) is 4.02. The van der Waals surface area contributed by atoms with E-state index in [1.165, 1.54) is 16.8 Å². The van der Waals surface area contributed by atoms with Crippen LogP contribution in [0.2, 0.25) is 0 Å². The summed E-state index contributed by atoms with van der Waals surface area (Å²) in [5.74, 6) is -0.149. The van der Waals surface area contributed by atoms with Crippen LogP contribution in [-0.4, -0.2) is 9.55 Å². The molecule has 3 rings (SSSR count). The lowest BCUT2D eigenvalue weighted by Gasteiger charge is -2.11. The van der Waals surface area contributed by atoms with E-state index < -0.39 is 0 Å². The van der Waals surface area contributed by atoms with Gasteiger partial charge in [0, 0.05) is 18.4 Å². The predicted octanol–water partition coefficient (Wildman–Crippen LogP) is 4.40. The zero-order valence-electron chi connectivity index (χ0n) is 12.7. The molecule has 0 saturated carbocycles. The van der Waals surface area contributed by atoms with Crippen LogP contribution < -0.4 is 0 Å². The first kappa shape index (κ1) is 13.8. The molecule has 0 aliphatic rings. The van der Waals surface area contributed by atoms with Gasteiger partial charge in [-0.2, -0.15) is 0 Å². The van der Waals surface area contributed by atoms with Crippen molar-refractivity contribution in [2.45, 2.75) is 33.7 Å². The van der Waals surface area contributed by atoms with Crippen LogP contribution >= 0.6 is 0 Å². The van der Waals surface area contributed by atoms with Crippen molar-refractivity contribution in [3.05, 3.63) is 64.7 Å². The second-order valence-electron chi connectivity index (χ2n) is 5.51. The van der Waals surface area contributed by atoms with E-state index >= 15 is 0 Å². The Kier molecular flexibility index (Phi) is 3.50. The van der Waals surface area contributed by atoms with E-state index in [-0.39, 0.29) is 5.82 Å². The van der Waals surface area contributed by atoms with Gasteiger partial charge in [0.2, 0.25) is 0 Å². The molecule has 0 atom stereocenters. The van der Waals surface area contributed by atoms with E-state index in [9.17, 15) is 4.39 Å². The average molecular weight is 282 g/mol. The number of hydrogen-bond donors (Lipinski definition) is 0. The Hall–Kier alpha value is -2.16. The first-order valence-electron chi connectivity index (χ1n) is 7.29. The van der Waals surface area contributed by atoms with Crippen LogP contribution in [0.4, 0.5) is 4.39 Å². The number of halogens is 1. The van der Waals surface area contributed by atoms with Crippen LogP contribution in [0.3, 0.4) is 0 Å². The summed E-state index contributed by atoms with van der Waals surface area (Å²) < 4.78 is 15.7. The molecule has 2 aromatic heterocycles. The molecule has 2 heterocycles. The smallest absolute Gasteiger partial charge is 0.126 e. The van der Waals surface area contributed by atoms with Gasteiger partial charge in [-0.25, -0.2) is 4.39 Å². The van der Waals surface area contributed by atoms with Gasteiger partial charge in [-0.05, 0) is 55.2 Å². The lowest BCUT2D eigenvalue weighted by molar-refractivity contribution is 0.617. The second kappa shape index (κ2) is 5.32. The Morgan fingerprint density at radius 1 is 1.14 bits per heavy atom. The monoisotopic (exact) mass is 282 g/mol. The molecule has 1 aromatic carbocycles. The van der Waals surface area contributed by atoms with Gasteiger partial charge in [-0.3, -0.25) is 4.98 Å². The van der Waals surface area contributed by atoms with Crippen molar-refractivity contribution in [1.29, 1.82) is 0 Å². The Balaban J connectivity index is 2.11. The van der Waals surface area contributed by atoms with Gasteiger partial charge in [0.15, 0.2) is 0 Å². The zero-order chi connectivity index (χ0) is 15.0. The molecule has 0 saturated heterocycles. The van der Waals surface area contributed by atoms with Crippen LogP contribution in [0.15, 0.2) is 36.5 Å². The number of pyridine rings is 1. The first-order chi connectivity index (χ1) is 10.1. The molecule has 0 N–H and O–H groups in total. The van der Waals surface area contributed by atoms with Gasteiger partial charge in [-0.1, -0.05) is 19.1 Å². The molecule has 3 heteroatoms. The van der Waals surface area contributed by atoms with Crippen LogP contribution in [-0.2, 0) is 13.0 Å². The zero-order valence-corrected chi connectivity index (χ0v) is 12.7. The molecule has 3 aromatic rings. The summed E-state index contributed by atoms with van der Waals surface area (Å²) in [7, 11) is 0. The highest BCUT2D eigenvalue weighted by Crippen LogP contribution is 2.23. The summed E-state index contributed by atoms with van der Waals surface area (Å²) in [5, 5.41) is 0. The normalized spacial score (nSPS) is 11.2. The van der Waals surface area contributed by atoms with Gasteiger partial charge in [0.25, 0.3) is 0 Å². The van der Waals surface area contributed by atoms with Crippen LogP contribution in [0.25, 0.3) is 11.0 Å². The summed E-state index contributed by atoms with van der Waals surface area (Å²) in [4.78, 5) is 4.46. The van der Waals surface area contributed by atoms with E-state index in [0.29, 0.717) is 5.56 Å². The maximum atomic E-state index is 13.4. The number of hydrogen-bond acceptors (Lipinski definition) is 1. The Bertz CT molecular complexity index is 802. The highest BCUT2D eigenvalue weighted by atomic mass is 19.1. The van der Waals surface area contributed by atoms with Crippen molar-refractivity contribution in [2.75, 3.05) is 0 Å². The van der Waals surface area contributed by atoms with Crippen molar-refractivity contribution in [3.63, 3.8) is 0 Å². The Morgan fingerprint density at radius 3 is 2.67 bits per heavy atom. The third-order valence-corrected chi connectivity index (χ3v) is 4.02. The molecule has 0 fully saturated rings. The van der Waals surface area contributed by atoms with Gasteiger partial charge < -0.3 is 4.57 Å². The van der Waals surface area contributed by atoms with Crippen molar-refractivity contribution >= 4 is 11.0 Å². The lowest BCUT2D eigenvalue weighted by atomic mass is 10.1. The quantitative estimate of drug-likeness (QED) is 0.696. The van der Waals surface area contributed by atoms with Crippen molar-refractivity contribution < 1.29 is 4.39 Å². The number of nitrogens with zero attached hydrogens (tertiary/aromatic N) is 2. The standard InChI is InChI=1S/C18H19FN2/c1-4-15-7-8-20-17-10-13(3)21(18(15)17)11-14-5-6-16(19)12(2)9-14/h5-10H,4,11H2,1-3H3. The van der Waals surface area contributed by atoms with Crippen molar-refractivity contribution in [2.24, 2.45) is 0 Å². The largest absolute Gasteiger partial charge is 0.339 e. The molecule has 108 valence electrons. The molecule has 0 amide bonds. The predicted molar refractivity (Wildman–Crippen MR) is 84.1 cm³/mol. The minimum absolute atomic E-state index is 0.149. The van der Waals surface area contributed by atoms with Gasteiger partial charge in [0.05, 0.1) is 11.0 Å². The molecule has 2 nitrogen and oxygen atoms in total. The van der Waals surface area contributed by atoms with Crippen LogP contribution in [0.5, 0.6) is 0 Å². The summed E-state index contributed by atoms with van der Waals surface area (Å²) in [6.07, 6.45) is 2.85. The number of benzene rings is 1. The molecular weight excluding hydrogens is 263 g/mol. The number of fused-ring (bicyclic) bond motifs is 1. The highest BCUT2D eigenvalue weighted by Gasteiger charge is 2.11. The van der Waals surface area contributed by atoms with E-state index in [2.05, 4.69) is 35.5 Å². The fraction of sp³-hybridized carbons (Fsp3) is 0.278. The average Bonchev–Trinajstić information content (AvgIpc) is 2.79. The van der Waals surface area contributed by atoms with Gasteiger partial charge in [0.1, 0.15) is 5.82 Å². The molecule has 0 aliphatic carbocycles.